The second kappa shape index (κ2) is 5.81. The number of amides is 1. The van der Waals surface area contributed by atoms with Crippen LogP contribution in [0.1, 0.15) is 17.9 Å². The van der Waals surface area contributed by atoms with Crippen molar-refractivity contribution in [3.8, 4) is 0 Å². The minimum atomic E-state index is -0.482. The van der Waals surface area contributed by atoms with Gasteiger partial charge in [-0.2, -0.15) is 0 Å². The molecule has 4 rings (SSSR count). The number of halogens is 2. The molecule has 2 heterocycles. The molecule has 6 heteroatoms. The molecule has 0 saturated heterocycles. The third kappa shape index (κ3) is 2.59. The van der Waals surface area contributed by atoms with Crippen LogP contribution in [-0.2, 0) is 14.3 Å². The summed E-state index contributed by atoms with van der Waals surface area (Å²) in [7, 11) is 0. The highest BCUT2D eigenvalue weighted by atomic mass is 19.1. The second-order valence-electron chi connectivity index (χ2n) is 5.95. The van der Waals surface area contributed by atoms with E-state index in [4.69, 9.17) is 4.74 Å². The van der Waals surface area contributed by atoms with Gasteiger partial charge < -0.3 is 4.74 Å². The maximum Gasteiger partial charge on any atom is 0.336 e. The van der Waals surface area contributed by atoms with Crippen molar-refractivity contribution in [2.24, 2.45) is 0 Å². The molecule has 126 valence electrons. The molecule has 25 heavy (non-hydrogen) atoms. The van der Waals surface area contributed by atoms with E-state index in [2.05, 4.69) is 0 Å². The summed E-state index contributed by atoms with van der Waals surface area (Å²) >= 11 is 0. The Bertz CT molecular complexity index is 888. The first-order chi connectivity index (χ1) is 12.0. The second-order valence-corrected chi connectivity index (χ2v) is 5.95. The van der Waals surface area contributed by atoms with E-state index in [-0.39, 0.29) is 24.8 Å². The number of carbonyl (C=O) groups is 2. The van der Waals surface area contributed by atoms with Gasteiger partial charge in [-0.1, -0.05) is 12.1 Å². The largest absolute Gasteiger partial charge is 0.456 e. The number of rotatable bonds is 2. The summed E-state index contributed by atoms with van der Waals surface area (Å²) in [6, 6.07) is 11.2. The van der Waals surface area contributed by atoms with Crippen LogP contribution >= 0.6 is 0 Å². The van der Waals surface area contributed by atoms with E-state index in [1.54, 1.807) is 12.1 Å². The molecule has 0 spiro atoms. The molecule has 4 nitrogen and oxygen atoms in total. The van der Waals surface area contributed by atoms with Crippen LogP contribution in [0.4, 0.5) is 14.5 Å². The molecule has 0 saturated carbocycles. The number of nitrogens with zero attached hydrogens (tertiary/aromatic N) is 1. The maximum atomic E-state index is 13.2. The van der Waals surface area contributed by atoms with Crippen LogP contribution in [0.5, 0.6) is 0 Å². The van der Waals surface area contributed by atoms with Gasteiger partial charge in [-0.05, 0) is 42.0 Å². The molecule has 0 fully saturated rings. The number of esters is 1. The molecule has 0 unspecified atom stereocenters. The van der Waals surface area contributed by atoms with Crippen molar-refractivity contribution in [2.75, 3.05) is 11.5 Å². The van der Waals surface area contributed by atoms with Gasteiger partial charge in [0.2, 0.25) is 5.91 Å². The predicted octanol–water partition coefficient (Wildman–Crippen LogP) is 3.30. The number of ether oxygens (including phenoxy) is 1. The van der Waals surface area contributed by atoms with Crippen molar-refractivity contribution in [3.05, 3.63) is 77.0 Å². The van der Waals surface area contributed by atoms with Crippen LogP contribution in [-0.4, -0.2) is 18.5 Å². The lowest BCUT2D eigenvalue weighted by molar-refractivity contribution is -0.136. The Morgan fingerprint density at radius 3 is 2.16 bits per heavy atom. The Kier molecular flexibility index (Phi) is 3.60. The van der Waals surface area contributed by atoms with Gasteiger partial charge in [0.25, 0.3) is 0 Å². The Morgan fingerprint density at radius 1 is 0.920 bits per heavy atom. The molecule has 2 aliphatic heterocycles. The quantitative estimate of drug-likeness (QED) is 0.788. The zero-order valence-corrected chi connectivity index (χ0v) is 13.0. The highest BCUT2D eigenvalue weighted by Crippen LogP contribution is 2.41. The van der Waals surface area contributed by atoms with Crippen molar-refractivity contribution < 1.29 is 23.1 Å². The van der Waals surface area contributed by atoms with Gasteiger partial charge in [0.15, 0.2) is 0 Å². The summed E-state index contributed by atoms with van der Waals surface area (Å²) in [5.41, 5.74) is 2.02. The fourth-order valence-corrected chi connectivity index (χ4v) is 3.32. The number of cyclic esters (lactones) is 1. The minimum absolute atomic E-state index is 0.0189. The predicted molar refractivity (Wildman–Crippen MR) is 85.6 cm³/mol. The Balaban J connectivity index is 1.81. The average molecular weight is 341 g/mol. The van der Waals surface area contributed by atoms with Crippen LogP contribution in [0.25, 0.3) is 0 Å². The van der Waals surface area contributed by atoms with E-state index in [1.165, 1.54) is 41.3 Å². The molecular formula is C19H13F2NO3. The Morgan fingerprint density at radius 2 is 1.52 bits per heavy atom. The number of carbonyl (C=O) groups excluding carboxylic acids is 2. The van der Waals surface area contributed by atoms with Crippen LogP contribution in [0, 0.1) is 11.6 Å². The number of benzene rings is 2. The first kappa shape index (κ1) is 15.5. The van der Waals surface area contributed by atoms with E-state index in [0.29, 0.717) is 22.5 Å². The van der Waals surface area contributed by atoms with E-state index < -0.39 is 17.7 Å². The topological polar surface area (TPSA) is 46.6 Å². The van der Waals surface area contributed by atoms with E-state index in [1.807, 2.05) is 0 Å². The molecule has 1 atom stereocenters. The summed E-state index contributed by atoms with van der Waals surface area (Å²) < 4.78 is 31.5. The fraction of sp³-hybridized carbons (Fsp3) is 0.158. The SMILES string of the molecule is O=C1OCC2=C1[C@@H](c1ccc(F)cc1)CC(=O)N2c1ccc(F)cc1. The highest BCUT2D eigenvalue weighted by molar-refractivity contribution is 6.06. The molecule has 0 bridgehead atoms. The summed E-state index contributed by atoms with van der Waals surface area (Å²) in [6.07, 6.45) is 0.0525. The maximum absolute atomic E-state index is 13.2. The van der Waals surface area contributed by atoms with Gasteiger partial charge in [0.1, 0.15) is 18.2 Å². The summed E-state index contributed by atoms with van der Waals surface area (Å²) in [5.74, 6) is -1.98. The molecule has 2 aliphatic rings. The Hall–Kier alpha value is -3.02. The van der Waals surface area contributed by atoms with Crippen LogP contribution in [0.2, 0.25) is 0 Å². The van der Waals surface area contributed by atoms with Crippen LogP contribution < -0.4 is 4.90 Å². The number of anilines is 1. The molecule has 2 aromatic rings. The third-order valence-electron chi connectivity index (χ3n) is 4.47. The lowest BCUT2D eigenvalue weighted by Gasteiger charge is -2.31. The van der Waals surface area contributed by atoms with E-state index in [0.717, 1.165) is 0 Å². The van der Waals surface area contributed by atoms with Crippen LogP contribution in [0.3, 0.4) is 0 Å². The lowest BCUT2D eigenvalue weighted by atomic mass is 9.84. The van der Waals surface area contributed by atoms with Gasteiger partial charge >= 0.3 is 5.97 Å². The standard InChI is InChI=1S/C19H13F2NO3/c20-12-3-1-11(2-4-12)15-9-17(23)22(14-7-5-13(21)6-8-14)16-10-25-19(24)18(15)16/h1-8,15H,9-10H2/t15-/m1/s1. The lowest BCUT2D eigenvalue weighted by Crippen LogP contribution is -2.37. The third-order valence-corrected chi connectivity index (χ3v) is 4.47. The van der Waals surface area contributed by atoms with Gasteiger partial charge in [-0.15, -0.1) is 0 Å². The van der Waals surface area contributed by atoms with Crippen LogP contribution in [0.15, 0.2) is 59.8 Å². The average Bonchev–Trinajstić information content (AvgIpc) is 2.98. The number of hydrogen-bond donors (Lipinski definition) is 0. The molecule has 0 N–H and O–H groups in total. The molecule has 1 amide bonds. The normalized spacial score (nSPS) is 19.9. The summed E-state index contributed by atoms with van der Waals surface area (Å²) in [4.78, 5) is 26.4. The molecule has 0 aliphatic carbocycles. The molecule has 0 aromatic heterocycles. The van der Waals surface area contributed by atoms with Gasteiger partial charge in [-0.3, -0.25) is 9.69 Å². The van der Waals surface area contributed by atoms with Gasteiger partial charge in [0, 0.05) is 18.0 Å². The van der Waals surface area contributed by atoms with Gasteiger partial charge in [-0.25, -0.2) is 13.6 Å². The Labute approximate surface area is 142 Å². The molecule has 0 radical (unpaired) electrons. The fourth-order valence-electron chi connectivity index (χ4n) is 3.32. The summed E-state index contributed by atoms with van der Waals surface area (Å²) in [5, 5.41) is 0. The van der Waals surface area contributed by atoms with E-state index in [9.17, 15) is 18.4 Å². The zero-order valence-electron chi connectivity index (χ0n) is 13.0. The van der Waals surface area contributed by atoms with Crippen molar-refractivity contribution in [3.63, 3.8) is 0 Å². The molecular weight excluding hydrogens is 328 g/mol. The highest BCUT2D eigenvalue weighted by Gasteiger charge is 2.42. The van der Waals surface area contributed by atoms with Gasteiger partial charge in [0.05, 0.1) is 11.3 Å². The van der Waals surface area contributed by atoms with E-state index >= 15 is 0 Å². The first-order valence-corrected chi connectivity index (χ1v) is 7.79. The van der Waals surface area contributed by atoms with Crippen molar-refractivity contribution in [1.82, 2.24) is 0 Å². The number of hydrogen-bond acceptors (Lipinski definition) is 3. The molecule has 2 aromatic carbocycles. The smallest absolute Gasteiger partial charge is 0.336 e. The zero-order chi connectivity index (χ0) is 17.6. The minimum Gasteiger partial charge on any atom is -0.456 e. The monoisotopic (exact) mass is 341 g/mol. The van der Waals surface area contributed by atoms with Crippen molar-refractivity contribution in [1.29, 1.82) is 0 Å². The van der Waals surface area contributed by atoms with Crippen molar-refractivity contribution in [2.45, 2.75) is 12.3 Å². The van der Waals surface area contributed by atoms with Crippen molar-refractivity contribution >= 4 is 17.6 Å². The first-order valence-electron chi connectivity index (χ1n) is 7.79. The summed E-state index contributed by atoms with van der Waals surface area (Å²) in [6.45, 7) is -0.0189.